The van der Waals surface area contributed by atoms with E-state index in [9.17, 15) is 9.59 Å². The van der Waals surface area contributed by atoms with Gasteiger partial charge in [-0.1, -0.05) is 12.8 Å². The van der Waals surface area contributed by atoms with Gasteiger partial charge in [-0.3, -0.25) is 19.9 Å². The Hall–Kier alpha value is -2.32. The molecule has 0 bridgehead atoms. The molecule has 0 aromatic heterocycles. The number of hydrogen-bond donors (Lipinski definition) is 2. The lowest BCUT2D eigenvalue weighted by Gasteiger charge is -2.34. The summed E-state index contributed by atoms with van der Waals surface area (Å²) in [5.41, 5.74) is 2.38. The summed E-state index contributed by atoms with van der Waals surface area (Å²) in [7, 11) is 3.29. The van der Waals surface area contributed by atoms with Crippen molar-refractivity contribution in [3.8, 4) is 11.5 Å². The van der Waals surface area contributed by atoms with E-state index in [-0.39, 0.29) is 24.5 Å². The summed E-state index contributed by atoms with van der Waals surface area (Å²) >= 11 is 0. The normalized spacial score (nSPS) is 18.2. The molecule has 2 fully saturated rings. The number of methoxy groups -OCH3 is 2. The molecule has 0 atom stereocenters. The fraction of sp³-hybridized carbons (Fsp3) is 0.636. The second-order valence-corrected chi connectivity index (χ2v) is 8.19. The highest BCUT2D eigenvalue weighted by Gasteiger charge is 2.22. The minimum absolute atomic E-state index is 0.210. The highest BCUT2D eigenvalue weighted by molar-refractivity contribution is 5.95. The third kappa shape index (κ3) is 6.09. The van der Waals surface area contributed by atoms with Crippen molar-refractivity contribution in [3.63, 3.8) is 0 Å². The fourth-order valence-corrected chi connectivity index (χ4v) is 4.20. The van der Waals surface area contributed by atoms with Crippen LogP contribution >= 0.6 is 0 Å². The highest BCUT2D eigenvalue weighted by Crippen LogP contribution is 2.31. The fourth-order valence-electron chi connectivity index (χ4n) is 4.20. The van der Waals surface area contributed by atoms with Crippen LogP contribution in [0.4, 0.5) is 4.79 Å². The van der Waals surface area contributed by atoms with Gasteiger partial charge in [0.15, 0.2) is 11.5 Å². The van der Waals surface area contributed by atoms with Crippen molar-refractivity contribution in [3.05, 3.63) is 23.3 Å². The van der Waals surface area contributed by atoms with E-state index in [0.29, 0.717) is 0 Å². The molecule has 8 nitrogen and oxygen atoms in total. The van der Waals surface area contributed by atoms with Crippen LogP contribution in [0.5, 0.6) is 11.5 Å². The second kappa shape index (κ2) is 10.6. The Balaban J connectivity index is 1.42. The molecule has 1 aromatic rings. The van der Waals surface area contributed by atoms with Crippen LogP contribution in [0.15, 0.2) is 12.1 Å². The largest absolute Gasteiger partial charge is 0.493 e. The molecule has 166 valence electrons. The van der Waals surface area contributed by atoms with Crippen molar-refractivity contribution in [2.24, 2.45) is 0 Å². The zero-order chi connectivity index (χ0) is 21.5. The molecule has 2 aliphatic rings. The molecule has 0 radical (unpaired) electrons. The number of imide groups is 1. The predicted molar refractivity (Wildman–Crippen MR) is 115 cm³/mol. The lowest BCUT2D eigenvalue weighted by atomic mass is 10.1. The summed E-state index contributed by atoms with van der Waals surface area (Å²) in [6.07, 6.45) is 4.30. The van der Waals surface area contributed by atoms with Gasteiger partial charge in [-0.15, -0.1) is 0 Å². The number of rotatable bonds is 7. The van der Waals surface area contributed by atoms with Crippen LogP contribution in [0.1, 0.15) is 36.8 Å². The number of piperazine rings is 1. The van der Waals surface area contributed by atoms with Crippen LogP contribution < -0.4 is 20.1 Å². The van der Waals surface area contributed by atoms with E-state index in [1.165, 1.54) is 11.1 Å². The van der Waals surface area contributed by atoms with Crippen LogP contribution in [0.2, 0.25) is 0 Å². The summed E-state index contributed by atoms with van der Waals surface area (Å²) in [5, 5.41) is 5.35. The van der Waals surface area contributed by atoms with Crippen molar-refractivity contribution in [2.45, 2.75) is 45.2 Å². The molecular weight excluding hydrogens is 384 g/mol. The van der Waals surface area contributed by atoms with Gasteiger partial charge in [0.05, 0.1) is 20.8 Å². The Morgan fingerprint density at radius 3 is 2.23 bits per heavy atom. The smallest absolute Gasteiger partial charge is 0.321 e. The number of nitrogens with zero attached hydrogens (tertiary/aromatic N) is 2. The van der Waals surface area contributed by atoms with Crippen LogP contribution in [-0.4, -0.2) is 74.7 Å². The molecule has 30 heavy (non-hydrogen) atoms. The third-order valence-electron chi connectivity index (χ3n) is 6.01. The minimum Gasteiger partial charge on any atom is -0.493 e. The number of amides is 3. The molecule has 1 saturated heterocycles. The lowest BCUT2D eigenvalue weighted by molar-refractivity contribution is -0.121. The van der Waals surface area contributed by atoms with Gasteiger partial charge in [-0.05, 0) is 43.0 Å². The molecule has 0 unspecified atom stereocenters. The molecule has 1 aliphatic heterocycles. The third-order valence-corrected chi connectivity index (χ3v) is 6.01. The molecule has 2 N–H and O–H groups in total. The Morgan fingerprint density at radius 2 is 1.60 bits per heavy atom. The lowest BCUT2D eigenvalue weighted by Crippen LogP contribution is -2.51. The molecule has 1 saturated carbocycles. The average Bonchev–Trinajstić information content (AvgIpc) is 3.23. The molecule has 1 aliphatic carbocycles. The zero-order valence-electron chi connectivity index (χ0n) is 18.3. The first-order valence-electron chi connectivity index (χ1n) is 10.7. The molecule has 0 spiro atoms. The number of carbonyl (C=O) groups excluding carboxylic acids is 2. The molecule has 1 heterocycles. The zero-order valence-corrected chi connectivity index (χ0v) is 18.3. The van der Waals surface area contributed by atoms with E-state index in [2.05, 4.69) is 27.4 Å². The summed E-state index contributed by atoms with van der Waals surface area (Å²) in [6.45, 7) is 6.49. The van der Waals surface area contributed by atoms with Gasteiger partial charge in [0.25, 0.3) is 0 Å². The number of nitrogens with one attached hydrogen (secondary N) is 2. The van der Waals surface area contributed by atoms with Crippen molar-refractivity contribution < 1.29 is 19.1 Å². The maximum absolute atomic E-state index is 12.2. The summed E-state index contributed by atoms with van der Waals surface area (Å²) in [6, 6.07) is 3.89. The Kier molecular flexibility index (Phi) is 7.93. The second-order valence-electron chi connectivity index (χ2n) is 8.19. The maximum atomic E-state index is 12.2. The van der Waals surface area contributed by atoms with Gasteiger partial charge in [-0.2, -0.15) is 0 Å². The average molecular weight is 419 g/mol. The minimum atomic E-state index is -0.366. The van der Waals surface area contributed by atoms with E-state index in [1.54, 1.807) is 14.2 Å². The molecule has 3 amide bonds. The summed E-state index contributed by atoms with van der Waals surface area (Å²) in [5.74, 6) is 1.24. The van der Waals surface area contributed by atoms with E-state index in [4.69, 9.17) is 9.47 Å². The standard InChI is InChI=1S/C22H34N4O4/c1-16-12-19(29-2)20(30-3)13-17(16)14-25-8-10-26(11-9-25)15-21(27)24-22(28)23-18-6-4-5-7-18/h12-13,18H,4-11,14-15H2,1-3H3,(H2,23,24,27,28). The van der Waals surface area contributed by atoms with Gasteiger partial charge in [0, 0.05) is 38.8 Å². The van der Waals surface area contributed by atoms with Crippen molar-refractivity contribution in [1.29, 1.82) is 0 Å². The van der Waals surface area contributed by atoms with Crippen molar-refractivity contribution in [1.82, 2.24) is 20.4 Å². The number of carbonyl (C=O) groups is 2. The predicted octanol–water partition coefficient (Wildman–Crippen LogP) is 1.90. The van der Waals surface area contributed by atoms with Gasteiger partial charge >= 0.3 is 6.03 Å². The topological polar surface area (TPSA) is 83.1 Å². The number of ether oxygens (including phenoxy) is 2. The number of benzene rings is 1. The van der Waals surface area contributed by atoms with Crippen molar-refractivity contribution in [2.75, 3.05) is 46.9 Å². The van der Waals surface area contributed by atoms with Gasteiger partial charge < -0.3 is 14.8 Å². The molecule has 8 heteroatoms. The van der Waals surface area contributed by atoms with Gasteiger partial charge in [-0.25, -0.2) is 4.79 Å². The number of aryl methyl sites for hydroxylation is 1. The van der Waals surface area contributed by atoms with E-state index >= 15 is 0 Å². The van der Waals surface area contributed by atoms with Crippen LogP contribution in [-0.2, 0) is 11.3 Å². The first-order chi connectivity index (χ1) is 14.5. The van der Waals surface area contributed by atoms with Gasteiger partial charge in [0.1, 0.15) is 0 Å². The Morgan fingerprint density at radius 1 is 1.00 bits per heavy atom. The van der Waals surface area contributed by atoms with Crippen LogP contribution in [0.3, 0.4) is 0 Å². The quantitative estimate of drug-likeness (QED) is 0.704. The number of hydrogen-bond acceptors (Lipinski definition) is 6. The SMILES string of the molecule is COc1cc(C)c(CN2CCN(CC(=O)NC(=O)NC3CCCC3)CC2)cc1OC. The summed E-state index contributed by atoms with van der Waals surface area (Å²) in [4.78, 5) is 28.6. The highest BCUT2D eigenvalue weighted by atomic mass is 16.5. The first kappa shape index (κ1) is 22.4. The molecular formula is C22H34N4O4. The Bertz CT molecular complexity index is 741. The molecule has 1 aromatic carbocycles. The van der Waals surface area contributed by atoms with Crippen LogP contribution in [0, 0.1) is 6.92 Å². The number of urea groups is 1. The van der Waals surface area contributed by atoms with E-state index in [0.717, 1.165) is 69.9 Å². The van der Waals surface area contributed by atoms with Gasteiger partial charge in [0.2, 0.25) is 5.91 Å². The van der Waals surface area contributed by atoms with Crippen molar-refractivity contribution >= 4 is 11.9 Å². The monoisotopic (exact) mass is 418 g/mol. The maximum Gasteiger partial charge on any atom is 0.321 e. The van der Waals surface area contributed by atoms with Crippen LogP contribution in [0.25, 0.3) is 0 Å². The van der Waals surface area contributed by atoms with E-state index in [1.807, 2.05) is 12.1 Å². The first-order valence-corrected chi connectivity index (χ1v) is 10.7. The Labute approximate surface area is 178 Å². The van der Waals surface area contributed by atoms with E-state index < -0.39 is 0 Å². The summed E-state index contributed by atoms with van der Waals surface area (Å²) < 4.78 is 10.8. The molecule has 3 rings (SSSR count).